The fourth-order valence-electron chi connectivity index (χ4n) is 1.23. The van der Waals surface area contributed by atoms with E-state index in [1.165, 1.54) is 6.92 Å². The maximum atomic E-state index is 10.7. The second-order valence-corrected chi connectivity index (χ2v) is 4.85. The number of aliphatic hydroxyl groups is 1. The number of hydrogen-bond donors (Lipinski definition) is 2. The van der Waals surface area contributed by atoms with Gasteiger partial charge in [0.05, 0.1) is 0 Å². The standard InChI is InChI=1S/C9H12ClNO4S/c1-6(15-16(11,13)14)9(12)7-4-2-3-5-8(7)10/h2-6,9,12H,1H3,(H2,11,13,14). The van der Waals surface area contributed by atoms with Crippen molar-refractivity contribution < 1.29 is 17.7 Å². The average molecular weight is 266 g/mol. The molecule has 0 bridgehead atoms. The number of aliphatic hydroxyl groups excluding tert-OH is 1. The first kappa shape index (κ1) is 13.4. The van der Waals surface area contributed by atoms with Crippen molar-refractivity contribution in [1.82, 2.24) is 0 Å². The number of benzene rings is 1. The van der Waals surface area contributed by atoms with Crippen LogP contribution in [0.1, 0.15) is 18.6 Å². The first-order valence-corrected chi connectivity index (χ1v) is 6.29. The Hall–Kier alpha value is -0.660. The third-order valence-electron chi connectivity index (χ3n) is 1.95. The van der Waals surface area contributed by atoms with Crippen LogP contribution in [-0.4, -0.2) is 19.6 Å². The summed E-state index contributed by atoms with van der Waals surface area (Å²) in [6, 6.07) is 6.54. The molecule has 2 atom stereocenters. The van der Waals surface area contributed by atoms with Crippen LogP contribution in [0.15, 0.2) is 24.3 Å². The maximum Gasteiger partial charge on any atom is 0.333 e. The molecule has 0 aliphatic rings. The highest BCUT2D eigenvalue weighted by Gasteiger charge is 2.22. The minimum Gasteiger partial charge on any atom is -0.386 e. The molecule has 1 rings (SSSR count). The van der Waals surface area contributed by atoms with Crippen LogP contribution in [0.5, 0.6) is 0 Å². The molecule has 5 nitrogen and oxygen atoms in total. The Bertz CT molecular complexity index is 462. The van der Waals surface area contributed by atoms with Crippen molar-refractivity contribution in [3.63, 3.8) is 0 Å². The lowest BCUT2D eigenvalue weighted by atomic mass is 10.1. The number of halogens is 1. The molecule has 7 heteroatoms. The van der Waals surface area contributed by atoms with E-state index < -0.39 is 22.5 Å². The molecule has 0 saturated carbocycles. The molecule has 0 fully saturated rings. The second kappa shape index (κ2) is 5.11. The molecule has 0 amide bonds. The Balaban J connectivity index is 2.86. The molecule has 0 spiro atoms. The molecule has 16 heavy (non-hydrogen) atoms. The van der Waals surface area contributed by atoms with Crippen LogP contribution in [0, 0.1) is 0 Å². The molecule has 0 radical (unpaired) electrons. The molecular formula is C9H12ClNO4S. The van der Waals surface area contributed by atoms with Crippen molar-refractivity contribution in [2.24, 2.45) is 5.14 Å². The Morgan fingerprint density at radius 1 is 1.44 bits per heavy atom. The Morgan fingerprint density at radius 2 is 2.00 bits per heavy atom. The SMILES string of the molecule is CC(OS(N)(=O)=O)C(O)c1ccccc1Cl. The fourth-order valence-corrected chi connectivity index (χ4v) is 2.01. The minimum absolute atomic E-state index is 0.333. The van der Waals surface area contributed by atoms with Crippen LogP contribution >= 0.6 is 11.6 Å². The van der Waals surface area contributed by atoms with Crippen LogP contribution in [0.3, 0.4) is 0 Å². The van der Waals surface area contributed by atoms with Crippen LogP contribution < -0.4 is 5.14 Å². The quantitative estimate of drug-likeness (QED) is 0.849. The summed E-state index contributed by atoms with van der Waals surface area (Å²) in [5, 5.41) is 14.8. The van der Waals surface area contributed by atoms with E-state index in [4.69, 9.17) is 16.7 Å². The number of nitrogens with two attached hydrogens (primary N) is 1. The molecule has 0 saturated heterocycles. The molecule has 0 aliphatic heterocycles. The van der Waals surface area contributed by atoms with Gasteiger partial charge in [0, 0.05) is 10.6 Å². The predicted molar refractivity (Wildman–Crippen MR) is 60.1 cm³/mol. The summed E-state index contributed by atoms with van der Waals surface area (Å²) in [5.41, 5.74) is 0.389. The van der Waals surface area contributed by atoms with Crippen molar-refractivity contribution in [3.05, 3.63) is 34.9 Å². The van der Waals surface area contributed by atoms with Gasteiger partial charge in [0.1, 0.15) is 12.2 Å². The lowest BCUT2D eigenvalue weighted by Crippen LogP contribution is -2.27. The van der Waals surface area contributed by atoms with E-state index in [0.717, 1.165) is 0 Å². The zero-order chi connectivity index (χ0) is 12.3. The van der Waals surface area contributed by atoms with Crippen LogP contribution in [0.4, 0.5) is 0 Å². The van der Waals surface area contributed by atoms with E-state index in [1.807, 2.05) is 0 Å². The van der Waals surface area contributed by atoms with Crippen molar-refractivity contribution in [2.45, 2.75) is 19.1 Å². The average Bonchev–Trinajstić information content (AvgIpc) is 2.15. The van der Waals surface area contributed by atoms with Gasteiger partial charge in [-0.15, -0.1) is 0 Å². The zero-order valence-corrected chi connectivity index (χ0v) is 10.1. The van der Waals surface area contributed by atoms with Gasteiger partial charge in [0.25, 0.3) is 0 Å². The maximum absolute atomic E-state index is 10.7. The smallest absolute Gasteiger partial charge is 0.333 e. The summed E-state index contributed by atoms with van der Waals surface area (Å²) in [6.45, 7) is 1.39. The molecule has 0 aliphatic carbocycles. The Kier molecular flexibility index (Phi) is 4.28. The van der Waals surface area contributed by atoms with Crippen molar-refractivity contribution in [1.29, 1.82) is 0 Å². The van der Waals surface area contributed by atoms with Gasteiger partial charge in [-0.25, -0.2) is 5.14 Å². The highest BCUT2D eigenvalue weighted by atomic mass is 35.5. The third-order valence-corrected chi connectivity index (χ3v) is 2.87. The number of hydrogen-bond acceptors (Lipinski definition) is 4. The fraction of sp³-hybridized carbons (Fsp3) is 0.333. The van der Waals surface area contributed by atoms with Crippen molar-refractivity contribution in [2.75, 3.05) is 0 Å². The van der Waals surface area contributed by atoms with E-state index in [1.54, 1.807) is 24.3 Å². The van der Waals surface area contributed by atoms with Gasteiger partial charge >= 0.3 is 10.3 Å². The van der Waals surface area contributed by atoms with Crippen LogP contribution in [-0.2, 0) is 14.5 Å². The lowest BCUT2D eigenvalue weighted by Gasteiger charge is -2.18. The molecule has 2 unspecified atom stereocenters. The molecular weight excluding hydrogens is 254 g/mol. The molecule has 3 N–H and O–H groups in total. The highest BCUT2D eigenvalue weighted by molar-refractivity contribution is 7.84. The predicted octanol–water partition coefficient (Wildman–Crippen LogP) is 0.982. The second-order valence-electron chi connectivity index (χ2n) is 3.26. The van der Waals surface area contributed by atoms with Crippen LogP contribution in [0.2, 0.25) is 5.02 Å². The minimum atomic E-state index is -4.09. The van der Waals surface area contributed by atoms with E-state index in [-0.39, 0.29) is 0 Å². The first-order chi connectivity index (χ1) is 7.31. The summed E-state index contributed by atoms with van der Waals surface area (Å²) in [5.74, 6) is 0. The van der Waals surface area contributed by atoms with Gasteiger partial charge in [-0.1, -0.05) is 29.8 Å². The van der Waals surface area contributed by atoms with E-state index in [2.05, 4.69) is 4.18 Å². The monoisotopic (exact) mass is 265 g/mol. The molecule has 0 heterocycles. The molecule has 1 aromatic rings. The molecule has 1 aromatic carbocycles. The summed E-state index contributed by atoms with van der Waals surface area (Å²) in [7, 11) is -4.09. The highest BCUT2D eigenvalue weighted by Crippen LogP contribution is 2.26. The van der Waals surface area contributed by atoms with Gasteiger partial charge in [0.2, 0.25) is 0 Å². The Labute approximate surface area is 99.0 Å². The van der Waals surface area contributed by atoms with Gasteiger partial charge in [0.15, 0.2) is 0 Å². The third kappa shape index (κ3) is 3.73. The van der Waals surface area contributed by atoms with E-state index in [9.17, 15) is 13.5 Å². The van der Waals surface area contributed by atoms with Crippen LogP contribution in [0.25, 0.3) is 0 Å². The molecule has 0 aromatic heterocycles. The van der Waals surface area contributed by atoms with E-state index >= 15 is 0 Å². The zero-order valence-electron chi connectivity index (χ0n) is 8.50. The summed E-state index contributed by atoms with van der Waals surface area (Å²) in [6.07, 6.45) is -2.16. The normalized spacial score (nSPS) is 15.8. The largest absolute Gasteiger partial charge is 0.386 e. The summed E-state index contributed by atoms with van der Waals surface area (Å²) >= 11 is 5.84. The summed E-state index contributed by atoms with van der Waals surface area (Å²) < 4.78 is 25.8. The van der Waals surface area contributed by atoms with Gasteiger partial charge in [-0.05, 0) is 13.0 Å². The summed E-state index contributed by atoms with van der Waals surface area (Å²) in [4.78, 5) is 0. The van der Waals surface area contributed by atoms with Gasteiger partial charge in [-0.2, -0.15) is 8.42 Å². The van der Waals surface area contributed by atoms with Gasteiger partial charge in [-0.3, -0.25) is 4.18 Å². The number of rotatable bonds is 4. The molecule has 90 valence electrons. The van der Waals surface area contributed by atoms with Crippen molar-refractivity contribution in [3.8, 4) is 0 Å². The van der Waals surface area contributed by atoms with E-state index in [0.29, 0.717) is 10.6 Å². The first-order valence-electron chi connectivity index (χ1n) is 4.45. The van der Waals surface area contributed by atoms with Crippen molar-refractivity contribution >= 4 is 21.9 Å². The van der Waals surface area contributed by atoms with Gasteiger partial charge < -0.3 is 5.11 Å². The Morgan fingerprint density at radius 3 is 2.50 bits per heavy atom. The topological polar surface area (TPSA) is 89.6 Å². The lowest BCUT2D eigenvalue weighted by molar-refractivity contribution is 0.0509.